The molecule has 0 saturated carbocycles. The number of esters is 1. The number of morpholine rings is 1. The van der Waals surface area contributed by atoms with Crippen molar-refractivity contribution < 1.29 is 23.8 Å². The van der Waals surface area contributed by atoms with Gasteiger partial charge in [-0.15, -0.1) is 12.6 Å². The minimum absolute atomic E-state index is 0.272. The van der Waals surface area contributed by atoms with Crippen molar-refractivity contribution in [1.82, 2.24) is 4.90 Å². The van der Waals surface area contributed by atoms with E-state index in [4.69, 9.17) is 14.2 Å². The molecule has 2 rings (SSSR count). The molecule has 1 aromatic rings. The van der Waals surface area contributed by atoms with E-state index < -0.39 is 18.2 Å². The first-order valence-electron chi connectivity index (χ1n) is 6.97. The Labute approximate surface area is 134 Å². The standard InChI is InChI=1S/C15H19NO5S/c1-19-14(17)12(9-11-5-3-2-4-6-11)21-15(18)16-7-8-20-13(22)10-16/h2-6,12-13,22H,7-10H2,1H3/t12-,13-/m0/s1. The summed E-state index contributed by atoms with van der Waals surface area (Å²) >= 11 is 4.18. The summed E-state index contributed by atoms with van der Waals surface area (Å²) in [6.07, 6.45) is -1.26. The maximum atomic E-state index is 12.2. The lowest BCUT2D eigenvalue weighted by Crippen LogP contribution is -2.46. The Morgan fingerprint density at radius 2 is 2.14 bits per heavy atom. The predicted molar refractivity (Wildman–Crippen MR) is 82.7 cm³/mol. The Kier molecular flexibility index (Phi) is 6.09. The molecule has 1 saturated heterocycles. The molecule has 0 bridgehead atoms. The third-order valence-corrected chi connectivity index (χ3v) is 3.59. The Balaban J connectivity index is 2.00. The summed E-state index contributed by atoms with van der Waals surface area (Å²) in [7, 11) is 1.27. The van der Waals surface area contributed by atoms with Crippen molar-refractivity contribution in [3.05, 3.63) is 35.9 Å². The number of nitrogens with zero attached hydrogens (tertiary/aromatic N) is 1. The number of methoxy groups -OCH3 is 1. The zero-order chi connectivity index (χ0) is 15.9. The van der Waals surface area contributed by atoms with Crippen LogP contribution in [-0.4, -0.2) is 55.3 Å². The van der Waals surface area contributed by atoms with Crippen LogP contribution in [-0.2, 0) is 25.4 Å². The lowest BCUT2D eigenvalue weighted by molar-refractivity contribution is -0.151. The Morgan fingerprint density at radius 1 is 1.41 bits per heavy atom. The van der Waals surface area contributed by atoms with Crippen LogP contribution in [0.1, 0.15) is 5.56 Å². The van der Waals surface area contributed by atoms with E-state index in [9.17, 15) is 9.59 Å². The van der Waals surface area contributed by atoms with Gasteiger partial charge in [-0.05, 0) is 5.56 Å². The smallest absolute Gasteiger partial charge is 0.410 e. The summed E-state index contributed by atoms with van der Waals surface area (Å²) in [5, 5.41) is 0. The van der Waals surface area contributed by atoms with Gasteiger partial charge < -0.3 is 19.1 Å². The van der Waals surface area contributed by atoms with E-state index in [1.807, 2.05) is 30.3 Å². The summed E-state index contributed by atoms with van der Waals surface area (Å²) in [5.41, 5.74) is 0.548. The molecule has 0 N–H and O–H groups in total. The molecule has 1 aromatic carbocycles. The molecule has 1 heterocycles. The summed E-state index contributed by atoms with van der Waals surface area (Å²) < 4.78 is 15.3. The normalized spacial score (nSPS) is 19.4. The molecule has 1 fully saturated rings. The molecule has 1 amide bonds. The van der Waals surface area contributed by atoms with Gasteiger partial charge in [-0.2, -0.15) is 0 Å². The highest BCUT2D eigenvalue weighted by Gasteiger charge is 2.29. The molecular formula is C15H19NO5S. The molecule has 120 valence electrons. The highest BCUT2D eigenvalue weighted by Crippen LogP contribution is 2.13. The molecule has 22 heavy (non-hydrogen) atoms. The molecular weight excluding hydrogens is 306 g/mol. The van der Waals surface area contributed by atoms with Gasteiger partial charge >= 0.3 is 12.1 Å². The maximum Gasteiger partial charge on any atom is 0.410 e. The number of hydrogen-bond donors (Lipinski definition) is 1. The van der Waals surface area contributed by atoms with E-state index >= 15 is 0 Å². The van der Waals surface area contributed by atoms with Crippen LogP contribution < -0.4 is 0 Å². The van der Waals surface area contributed by atoms with Gasteiger partial charge in [0, 0.05) is 13.0 Å². The molecule has 0 unspecified atom stereocenters. The van der Waals surface area contributed by atoms with Crippen LogP contribution in [0, 0.1) is 0 Å². The molecule has 0 aromatic heterocycles. The van der Waals surface area contributed by atoms with Gasteiger partial charge in [-0.1, -0.05) is 30.3 Å². The van der Waals surface area contributed by atoms with Crippen LogP contribution in [0.3, 0.4) is 0 Å². The number of carbonyl (C=O) groups is 2. The van der Waals surface area contributed by atoms with E-state index in [1.165, 1.54) is 12.0 Å². The van der Waals surface area contributed by atoms with Crippen LogP contribution in [0.25, 0.3) is 0 Å². The predicted octanol–water partition coefficient (Wildman–Crippen LogP) is 1.50. The number of carbonyl (C=O) groups excluding carboxylic acids is 2. The quantitative estimate of drug-likeness (QED) is 0.671. The van der Waals surface area contributed by atoms with Gasteiger partial charge in [-0.3, -0.25) is 0 Å². The highest BCUT2D eigenvalue weighted by molar-refractivity contribution is 7.80. The van der Waals surface area contributed by atoms with Gasteiger partial charge in [0.05, 0.1) is 20.3 Å². The fourth-order valence-corrected chi connectivity index (χ4v) is 2.43. The van der Waals surface area contributed by atoms with E-state index in [0.29, 0.717) is 19.7 Å². The molecule has 0 spiro atoms. The SMILES string of the molecule is COC(=O)[C@H](Cc1ccccc1)OC(=O)N1CCO[C@@H](S)C1. The minimum Gasteiger partial charge on any atom is -0.466 e. The van der Waals surface area contributed by atoms with Crippen molar-refractivity contribution in [2.24, 2.45) is 0 Å². The number of amides is 1. The molecule has 1 aliphatic rings. The highest BCUT2D eigenvalue weighted by atomic mass is 32.1. The van der Waals surface area contributed by atoms with Crippen molar-refractivity contribution in [2.45, 2.75) is 18.0 Å². The second-order valence-corrected chi connectivity index (χ2v) is 5.43. The van der Waals surface area contributed by atoms with Crippen molar-refractivity contribution >= 4 is 24.7 Å². The molecule has 1 aliphatic heterocycles. The zero-order valence-corrected chi connectivity index (χ0v) is 13.2. The second-order valence-electron chi connectivity index (χ2n) is 4.86. The average Bonchev–Trinajstić information content (AvgIpc) is 2.54. The lowest BCUT2D eigenvalue weighted by Gasteiger charge is -2.30. The molecule has 6 nitrogen and oxygen atoms in total. The van der Waals surface area contributed by atoms with Crippen molar-refractivity contribution in [3.8, 4) is 0 Å². The Hall–Kier alpha value is -1.73. The van der Waals surface area contributed by atoms with Crippen molar-refractivity contribution in [2.75, 3.05) is 26.8 Å². The maximum absolute atomic E-state index is 12.2. The van der Waals surface area contributed by atoms with E-state index in [-0.39, 0.29) is 11.9 Å². The van der Waals surface area contributed by atoms with Gasteiger partial charge in [0.15, 0.2) is 0 Å². The molecule has 0 aliphatic carbocycles. The van der Waals surface area contributed by atoms with Gasteiger partial charge in [0.25, 0.3) is 0 Å². The van der Waals surface area contributed by atoms with E-state index in [1.54, 1.807) is 0 Å². The molecule has 7 heteroatoms. The average molecular weight is 325 g/mol. The third kappa shape index (κ3) is 4.64. The topological polar surface area (TPSA) is 65.1 Å². The fourth-order valence-electron chi connectivity index (χ4n) is 2.13. The van der Waals surface area contributed by atoms with Crippen molar-refractivity contribution in [1.29, 1.82) is 0 Å². The zero-order valence-electron chi connectivity index (χ0n) is 12.3. The van der Waals surface area contributed by atoms with Crippen LogP contribution in [0.5, 0.6) is 0 Å². The third-order valence-electron chi connectivity index (χ3n) is 3.28. The fraction of sp³-hybridized carbons (Fsp3) is 0.467. The van der Waals surface area contributed by atoms with Gasteiger partial charge in [0.2, 0.25) is 6.10 Å². The van der Waals surface area contributed by atoms with E-state index in [0.717, 1.165) is 5.56 Å². The number of benzene rings is 1. The molecule has 0 radical (unpaired) electrons. The van der Waals surface area contributed by atoms with Crippen molar-refractivity contribution in [3.63, 3.8) is 0 Å². The first-order chi connectivity index (χ1) is 10.6. The monoisotopic (exact) mass is 325 g/mol. The minimum atomic E-state index is -0.971. The number of hydrogen-bond acceptors (Lipinski definition) is 6. The summed E-state index contributed by atoms with van der Waals surface area (Å²) in [6, 6.07) is 9.33. The van der Waals surface area contributed by atoms with Crippen LogP contribution in [0.15, 0.2) is 30.3 Å². The number of rotatable bonds is 4. The number of ether oxygens (including phenoxy) is 3. The lowest BCUT2D eigenvalue weighted by atomic mass is 10.1. The second kappa shape index (κ2) is 8.05. The number of thiol groups is 1. The Bertz CT molecular complexity index is 510. The van der Waals surface area contributed by atoms with Gasteiger partial charge in [0.1, 0.15) is 5.44 Å². The first kappa shape index (κ1) is 16.6. The summed E-state index contributed by atoms with van der Waals surface area (Å²) in [4.78, 5) is 25.5. The van der Waals surface area contributed by atoms with Crippen LogP contribution in [0.4, 0.5) is 4.79 Å². The summed E-state index contributed by atoms with van der Waals surface area (Å²) in [6.45, 7) is 1.13. The largest absolute Gasteiger partial charge is 0.466 e. The van der Waals surface area contributed by atoms with Crippen LogP contribution in [0.2, 0.25) is 0 Å². The van der Waals surface area contributed by atoms with Crippen LogP contribution >= 0.6 is 12.6 Å². The first-order valence-corrected chi connectivity index (χ1v) is 7.48. The summed E-state index contributed by atoms with van der Waals surface area (Å²) in [5.74, 6) is -0.576. The van der Waals surface area contributed by atoms with Gasteiger partial charge in [-0.25, -0.2) is 9.59 Å². The van der Waals surface area contributed by atoms with E-state index in [2.05, 4.69) is 12.6 Å². The Morgan fingerprint density at radius 3 is 2.77 bits per heavy atom. The molecule has 2 atom stereocenters.